The molecule has 2 N–H and O–H groups in total. The highest BCUT2D eigenvalue weighted by atomic mass is 16.6. The monoisotopic (exact) mass is 382 g/mol. The SMILES string of the molecule is CC(=O)OCNC(=O)[C@H](C)NC(=O)OCC1c2ccccc2-c2ccccc21. The number of alkyl carbamates (subject to hydrolysis) is 1. The summed E-state index contributed by atoms with van der Waals surface area (Å²) in [7, 11) is 0. The summed E-state index contributed by atoms with van der Waals surface area (Å²) < 4.78 is 10.0. The van der Waals surface area contributed by atoms with Crippen LogP contribution in [0.4, 0.5) is 4.79 Å². The number of carbonyl (C=O) groups is 3. The van der Waals surface area contributed by atoms with Gasteiger partial charge in [-0.05, 0) is 29.2 Å². The second-order valence-corrected chi connectivity index (χ2v) is 6.51. The van der Waals surface area contributed by atoms with Gasteiger partial charge in [-0.3, -0.25) is 9.59 Å². The molecule has 2 amide bonds. The maximum atomic E-state index is 12.1. The van der Waals surface area contributed by atoms with Crippen molar-refractivity contribution in [3.63, 3.8) is 0 Å². The first-order chi connectivity index (χ1) is 13.5. The molecule has 7 heteroatoms. The average Bonchev–Trinajstić information content (AvgIpc) is 3.00. The molecule has 1 aliphatic carbocycles. The normalized spacial score (nSPS) is 13.1. The van der Waals surface area contributed by atoms with Gasteiger partial charge < -0.3 is 20.1 Å². The van der Waals surface area contributed by atoms with Gasteiger partial charge in [-0.15, -0.1) is 0 Å². The van der Waals surface area contributed by atoms with E-state index in [-0.39, 0.29) is 19.3 Å². The Labute approximate surface area is 163 Å². The van der Waals surface area contributed by atoms with Crippen molar-refractivity contribution in [2.24, 2.45) is 0 Å². The van der Waals surface area contributed by atoms with Crippen molar-refractivity contribution in [1.29, 1.82) is 0 Å². The number of nitrogens with one attached hydrogen (secondary N) is 2. The summed E-state index contributed by atoms with van der Waals surface area (Å²) in [4.78, 5) is 34.7. The van der Waals surface area contributed by atoms with Gasteiger partial charge in [-0.1, -0.05) is 48.5 Å². The summed E-state index contributed by atoms with van der Waals surface area (Å²) >= 11 is 0. The van der Waals surface area contributed by atoms with E-state index < -0.39 is 24.0 Å². The fourth-order valence-corrected chi connectivity index (χ4v) is 3.24. The van der Waals surface area contributed by atoms with Crippen molar-refractivity contribution in [2.45, 2.75) is 25.8 Å². The largest absolute Gasteiger partial charge is 0.449 e. The van der Waals surface area contributed by atoms with E-state index in [9.17, 15) is 14.4 Å². The lowest BCUT2D eigenvalue weighted by atomic mass is 9.98. The summed E-state index contributed by atoms with van der Waals surface area (Å²) in [6.07, 6.45) is -0.683. The predicted molar refractivity (Wildman–Crippen MR) is 102 cm³/mol. The third-order valence-corrected chi connectivity index (χ3v) is 4.59. The maximum absolute atomic E-state index is 12.1. The first-order valence-electron chi connectivity index (χ1n) is 9.00. The fraction of sp³-hybridized carbons (Fsp3) is 0.286. The minimum Gasteiger partial charge on any atom is -0.449 e. The molecule has 0 heterocycles. The molecular weight excluding hydrogens is 360 g/mol. The number of esters is 1. The molecule has 2 aromatic carbocycles. The fourth-order valence-electron chi connectivity index (χ4n) is 3.24. The van der Waals surface area contributed by atoms with E-state index in [0.717, 1.165) is 22.3 Å². The smallest absolute Gasteiger partial charge is 0.407 e. The molecule has 1 aliphatic rings. The molecule has 0 fully saturated rings. The van der Waals surface area contributed by atoms with Crippen molar-refractivity contribution < 1.29 is 23.9 Å². The van der Waals surface area contributed by atoms with Gasteiger partial charge in [0.25, 0.3) is 0 Å². The molecule has 0 spiro atoms. The Morgan fingerprint density at radius 2 is 1.54 bits per heavy atom. The first kappa shape index (κ1) is 19.4. The minimum atomic E-state index is -0.828. The number of hydrogen-bond donors (Lipinski definition) is 2. The van der Waals surface area contributed by atoms with Crippen molar-refractivity contribution in [3.05, 3.63) is 59.7 Å². The molecule has 3 rings (SSSR count). The number of ether oxygens (including phenoxy) is 2. The van der Waals surface area contributed by atoms with Crippen LogP contribution in [0.5, 0.6) is 0 Å². The second kappa shape index (κ2) is 8.56. The molecule has 0 bridgehead atoms. The lowest BCUT2D eigenvalue weighted by Crippen LogP contribution is -2.45. The van der Waals surface area contributed by atoms with Gasteiger partial charge in [0.05, 0.1) is 0 Å². The van der Waals surface area contributed by atoms with Crippen molar-refractivity contribution in [1.82, 2.24) is 10.6 Å². The maximum Gasteiger partial charge on any atom is 0.407 e. The lowest BCUT2D eigenvalue weighted by Gasteiger charge is -2.17. The van der Waals surface area contributed by atoms with E-state index in [1.165, 1.54) is 13.8 Å². The van der Waals surface area contributed by atoms with Crippen molar-refractivity contribution in [2.75, 3.05) is 13.3 Å². The van der Waals surface area contributed by atoms with E-state index in [1.54, 1.807) is 0 Å². The Kier molecular flexibility index (Phi) is 5.93. The number of fused-ring (bicyclic) bond motifs is 3. The number of benzene rings is 2. The van der Waals surface area contributed by atoms with E-state index in [2.05, 4.69) is 27.5 Å². The molecule has 0 saturated carbocycles. The van der Waals surface area contributed by atoms with Gasteiger partial charge in [0.1, 0.15) is 12.6 Å². The van der Waals surface area contributed by atoms with Crippen LogP contribution in [-0.4, -0.2) is 37.3 Å². The molecule has 0 saturated heterocycles. The molecule has 0 radical (unpaired) electrons. The van der Waals surface area contributed by atoms with E-state index in [4.69, 9.17) is 4.74 Å². The van der Waals surface area contributed by atoms with Crippen LogP contribution < -0.4 is 10.6 Å². The molecule has 0 aromatic heterocycles. The Morgan fingerprint density at radius 3 is 2.11 bits per heavy atom. The zero-order chi connectivity index (χ0) is 20.1. The van der Waals surface area contributed by atoms with E-state index in [0.29, 0.717) is 0 Å². The standard InChI is InChI=1S/C21H22N2O5/c1-13(20(25)22-12-28-14(2)24)23-21(26)27-11-19-17-9-5-3-7-15(17)16-8-4-6-10-18(16)19/h3-10,13,19H,11-12H2,1-2H3,(H,22,25)(H,23,26)/t13-/m0/s1. The van der Waals surface area contributed by atoms with Crippen molar-refractivity contribution in [3.8, 4) is 11.1 Å². The number of carbonyl (C=O) groups excluding carboxylic acids is 3. The van der Waals surface area contributed by atoms with Gasteiger partial charge in [0.15, 0.2) is 6.73 Å². The number of rotatable bonds is 6. The summed E-state index contributed by atoms with van der Waals surface area (Å²) in [5.74, 6) is -1.03. The number of hydrogen-bond acceptors (Lipinski definition) is 5. The van der Waals surface area contributed by atoms with Crippen LogP contribution in [-0.2, 0) is 19.1 Å². The van der Waals surface area contributed by atoms with Crippen LogP contribution in [0.3, 0.4) is 0 Å². The predicted octanol–water partition coefficient (Wildman–Crippen LogP) is 2.55. The van der Waals surface area contributed by atoms with Gasteiger partial charge in [0.2, 0.25) is 5.91 Å². The Morgan fingerprint density at radius 1 is 0.964 bits per heavy atom. The summed E-state index contributed by atoms with van der Waals surface area (Å²) in [5.41, 5.74) is 4.52. The zero-order valence-corrected chi connectivity index (χ0v) is 15.7. The molecule has 28 heavy (non-hydrogen) atoms. The van der Waals surface area contributed by atoms with E-state index in [1.807, 2.05) is 36.4 Å². The van der Waals surface area contributed by atoms with Crippen LogP contribution in [0.15, 0.2) is 48.5 Å². The number of amides is 2. The summed E-state index contributed by atoms with van der Waals surface area (Å²) in [6, 6.07) is 15.3. The average molecular weight is 382 g/mol. The summed E-state index contributed by atoms with van der Waals surface area (Å²) in [5, 5.41) is 4.87. The van der Waals surface area contributed by atoms with E-state index >= 15 is 0 Å². The van der Waals surface area contributed by atoms with Crippen molar-refractivity contribution >= 4 is 18.0 Å². The highest BCUT2D eigenvalue weighted by Crippen LogP contribution is 2.44. The van der Waals surface area contributed by atoms with Gasteiger partial charge in [-0.2, -0.15) is 0 Å². The Balaban J connectivity index is 1.56. The Bertz CT molecular complexity index is 850. The third-order valence-electron chi connectivity index (χ3n) is 4.59. The molecule has 146 valence electrons. The molecule has 2 aromatic rings. The molecule has 0 aliphatic heterocycles. The van der Waals surface area contributed by atoms with Gasteiger partial charge in [0, 0.05) is 12.8 Å². The quantitative estimate of drug-likeness (QED) is 0.592. The molecule has 0 unspecified atom stereocenters. The third kappa shape index (κ3) is 4.31. The highest BCUT2D eigenvalue weighted by Gasteiger charge is 2.29. The van der Waals surface area contributed by atoms with Crippen LogP contribution in [0.2, 0.25) is 0 Å². The highest BCUT2D eigenvalue weighted by molar-refractivity contribution is 5.85. The molecule has 7 nitrogen and oxygen atoms in total. The van der Waals surface area contributed by atoms with Gasteiger partial charge in [-0.25, -0.2) is 4.79 Å². The van der Waals surface area contributed by atoms with Gasteiger partial charge >= 0.3 is 12.1 Å². The van der Waals surface area contributed by atoms with Crippen LogP contribution in [0.25, 0.3) is 11.1 Å². The molecular formula is C21H22N2O5. The summed E-state index contributed by atoms with van der Waals surface area (Å²) in [6.45, 7) is 2.68. The zero-order valence-electron chi connectivity index (χ0n) is 15.7. The molecule has 1 atom stereocenters. The van der Waals surface area contributed by atoms with Crippen LogP contribution in [0, 0.1) is 0 Å². The minimum absolute atomic E-state index is 0.0498. The van der Waals surface area contributed by atoms with Crippen LogP contribution >= 0.6 is 0 Å². The topological polar surface area (TPSA) is 93.7 Å². The second-order valence-electron chi connectivity index (χ2n) is 6.51. The lowest BCUT2D eigenvalue weighted by molar-refractivity contribution is -0.143. The van der Waals surface area contributed by atoms with Crippen LogP contribution in [0.1, 0.15) is 30.9 Å². The Hall–Kier alpha value is -3.35. The first-order valence-corrected chi connectivity index (χ1v) is 9.00.